The van der Waals surface area contributed by atoms with Crippen LogP contribution in [0.2, 0.25) is 5.02 Å². The molecule has 0 spiro atoms. The van der Waals surface area contributed by atoms with Crippen molar-refractivity contribution in [1.29, 1.82) is 0 Å². The van der Waals surface area contributed by atoms with Crippen LogP contribution in [-0.4, -0.2) is 68.0 Å². The molecule has 0 aromatic carbocycles. The Balaban J connectivity index is 1.28. The lowest BCUT2D eigenvalue weighted by Crippen LogP contribution is -2.48. The van der Waals surface area contributed by atoms with E-state index in [9.17, 15) is 4.79 Å². The van der Waals surface area contributed by atoms with Gasteiger partial charge in [-0.05, 0) is 44.8 Å². The number of hydrogen-bond donors (Lipinski definition) is 1. The van der Waals surface area contributed by atoms with Crippen molar-refractivity contribution in [3.8, 4) is 11.4 Å². The number of likely N-dealkylation sites (tertiary alicyclic amines) is 2. The van der Waals surface area contributed by atoms with Crippen LogP contribution in [0.5, 0.6) is 0 Å². The number of carbonyl (C=O) groups is 1. The van der Waals surface area contributed by atoms with Crippen molar-refractivity contribution in [2.24, 2.45) is 0 Å². The zero-order chi connectivity index (χ0) is 19.8. The first kappa shape index (κ1) is 18.6. The Morgan fingerprint density at radius 2 is 1.97 bits per heavy atom. The molecule has 2 saturated heterocycles. The number of nitrogens with zero attached hydrogens (tertiary/aromatic N) is 5. The number of carbonyl (C=O) groups excluding carboxylic acids is 1. The van der Waals surface area contributed by atoms with E-state index in [0.29, 0.717) is 22.3 Å². The van der Waals surface area contributed by atoms with Gasteiger partial charge in [-0.15, -0.1) is 0 Å². The second-order valence-electron chi connectivity index (χ2n) is 7.77. The molecule has 0 saturated carbocycles. The summed E-state index contributed by atoms with van der Waals surface area (Å²) in [5.74, 6) is 0.0615. The van der Waals surface area contributed by atoms with Gasteiger partial charge in [-0.1, -0.05) is 23.2 Å². The van der Waals surface area contributed by atoms with Gasteiger partial charge in [0.25, 0.3) is 0 Å². The second-order valence-corrected chi connectivity index (χ2v) is 8.15. The maximum absolute atomic E-state index is 12.8. The van der Waals surface area contributed by atoms with Crippen molar-refractivity contribution >= 4 is 28.5 Å². The number of H-pyrrole nitrogens is 1. The zero-order valence-electron chi connectivity index (χ0n) is 16.1. The van der Waals surface area contributed by atoms with E-state index in [2.05, 4.69) is 25.0 Å². The number of amides is 1. The fraction of sp³-hybridized carbons (Fsp3) is 0.500. The van der Waals surface area contributed by atoms with E-state index in [1.54, 1.807) is 12.4 Å². The molecule has 5 heterocycles. The van der Waals surface area contributed by atoms with Crippen molar-refractivity contribution < 1.29 is 9.32 Å². The maximum Gasteiger partial charge on any atom is 0.316 e. The first-order valence-corrected chi connectivity index (χ1v) is 10.6. The lowest BCUT2D eigenvalue weighted by atomic mass is 10.00. The van der Waals surface area contributed by atoms with Gasteiger partial charge >= 0.3 is 11.8 Å². The molecule has 2 fully saturated rings. The molecule has 0 radical (unpaired) electrons. The minimum Gasteiger partial charge on any atom is -0.346 e. The molecule has 3 aromatic rings. The smallest absolute Gasteiger partial charge is 0.316 e. The van der Waals surface area contributed by atoms with Crippen molar-refractivity contribution in [1.82, 2.24) is 29.9 Å². The van der Waals surface area contributed by atoms with Crippen LogP contribution in [0.3, 0.4) is 0 Å². The molecular weight excluding hydrogens is 392 g/mol. The lowest BCUT2D eigenvalue weighted by Gasteiger charge is -2.39. The summed E-state index contributed by atoms with van der Waals surface area (Å²) in [6.07, 6.45) is 9.26. The molecule has 0 bridgehead atoms. The van der Waals surface area contributed by atoms with Crippen LogP contribution in [0.15, 0.2) is 23.0 Å². The van der Waals surface area contributed by atoms with Gasteiger partial charge < -0.3 is 19.3 Å². The number of rotatable bonds is 3. The molecule has 8 nitrogen and oxygen atoms in total. The monoisotopic (exact) mass is 414 g/mol. The van der Waals surface area contributed by atoms with Crippen LogP contribution in [0, 0.1) is 0 Å². The highest BCUT2D eigenvalue weighted by Crippen LogP contribution is 2.31. The molecule has 3 aromatic heterocycles. The van der Waals surface area contributed by atoms with Crippen LogP contribution >= 0.6 is 11.6 Å². The van der Waals surface area contributed by atoms with Gasteiger partial charge in [-0.2, -0.15) is 4.98 Å². The first-order valence-electron chi connectivity index (χ1n) is 10.2. The third-order valence-electron chi connectivity index (χ3n) is 6.03. The standard InChI is InChI=1S/C20H23ClN6O2/c21-16-14-4-7-22-17(14)23-12-15(16)18-24-19(29-25-18)20(28)27-10-5-13(6-11-27)26-8-2-1-3-9-26/h4,7,12-13H,1-3,5-6,8-11H2,(H,22,23). The summed E-state index contributed by atoms with van der Waals surface area (Å²) in [7, 11) is 0. The number of fused-ring (bicyclic) bond motifs is 1. The van der Waals surface area contributed by atoms with E-state index in [0.717, 1.165) is 31.3 Å². The molecule has 2 aliphatic heterocycles. The highest BCUT2D eigenvalue weighted by Gasteiger charge is 2.30. The average Bonchev–Trinajstić information content (AvgIpc) is 3.44. The largest absolute Gasteiger partial charge is 0.346 e. The lowest BCUT2D eigenvalue weighted by molar-refractivity contribution is 0.0547. The predicted octanol–water partition coefficient (Wildman–Crippen LogP) is 3.36. The van der Waals surface area contributed by atoms with Gasteiger partial charge in [0.15, 0.2) is 0 Å². The molecule has 2 aliphatic rings. The fourth-order valence-electron chi connectivity index (χ4n) is 4.40. The van der Waals surface area contributed by atoms with Crippen LogP contribution in [0.4, 0.5) is 0 Å². The summed E-state index contributed by atoms with van der Waals surface area (Å²) in [6, 6.07) is 2.42. The molecule has 0 unspecified atom stereocenters. The van der Waals surface area contributed by atoms with Gasteiger partial charge in [0.2, 0.25) is 5.82 Å². The summed E-state index contributed by atoms with van der Waals surface area (Å²) in [5.41, 5.74) is 1.24. The van der Waals surface area contributed by atoms with Crippen molar-refractivity contribution in [3.63, 3.8) is 0 Å². The summed E-state index contributed by atoms with van der Waals surface area (Å²) in [5, 5.41) is 5.23. The van der Waals surface area contributed by atoms with Crippen molar-refractivity contribution in [2.45, 2.75) is 38.1 Å². The van der Waals surface area contributed by atoms with Crippen LogP contribution in [0.1, 0.15) is 42.8 Å². The van der Waals surface area contributed by atoms with E-state index in [4.69, 9.17) is 16.1 Å². The fourth-order valence-corrected chi connectivity index (χ4v) is 4.69. The van der Waals surface area contributed by atoms with Crippen molar-refractivity contribution in [3.05, 3.63) is 29.4 Å². The molecule has 9 heteroatoms. The predicted molar refractivity (Wildman–Crippen MR) is 109 cm³/mol. The summed E-state index contributed by atoms with van der Waals surface area (Å²) < 4.78 is 5.27. The molecule has 29 heavy (non-hydrogen) atoms. The Labute approximate surface area is 173 Å². The highest BCUT2D eigenvalue weighted by molar-refractivity contribution is 6.37. The number of pyridine rings is 1. The van der Waals surface area contributed by atoms with Crippen LogP contribution in [-0.2, 0) is 0 Å². The molecule has 0 atom stereocenters. The molecule has 152 valence electrons. The summed E-state index contributed by atoms with van der Waals surface area (Å²) in [4.78, 5) is 28.9. The van der Waals surface area contributed by atoms with E-state index >= 15 is 0 Å². The Kier molecular flexibility index (Phi) is 4.97. The van der Waals surface area contributed by atoms with Gasteiger partial charge in [0, 0.05) is 36.9 Å². The highest BCUT2D eigenvalue weighted by atomic mass is 35.5. The minimum atomic E-state index is -0.215. The molecule has 0 aliphatic carbocycles. The Hall–Kier alpha value is -2.45. The Morgan fingerprint density at radius 3 is 2.76 bits per heavy atom. The van der Waals surface area contributed by atoms with E-state index in [1.807, 2.05) is 11.0 Å². The van der Waals surface area contributed by atoms with E-state index in [-0.39, 0.29) is 17.6 Å². The number of hydrogen-bond acceptors (Lipinski definition) is 6. The third-order valence-corrected chi connectivity index (χ3v) is 6.44. The minimum absolute atomic E-state index is 0.00153. The van der Waals surface area contributed by atoms with Gasteiger partial charge in [0.1, 0.15) is 5.65 Å². The topological polar surface area (TPSA) is 91.1 Å². The van der Waals surface area contributed by atoms with Gasteiger partial charge in [0.05, 0.1) is 10.6 Å². The Morgan fingerprint density at radius 1 is 1.17 bits per heavy atom. The third kappa shape index (κ3) is 3.51. The summed E-state index contributed by atoms with van der Waals surface area (Å²) in [6.45, 7) is 3.81. The number of aromatic nitrogens is 4. The molecule has 5 rings (SSSR count). The SMILES string of the molecule is O=C(c1nc(-c2cnc3[nH]ccc3c2Cl)no1)N1CCC(N2CCCCC2)CC1. The number of piperidine rings is 2. The molecule has 1 N–H and O–H groups in total. The molecule has 1 amide bonds. The van der Waals surface area contributed by atoms with E-state index < -0.39 is 0 Å². The molecular formula is C20H23ClN6O2. The number of aromatic amines is 1. The summed E-state index contributed by atoms with van der Waals surface area (Å²) >= 11 is 6.46. The first-order chi connectivity index (χ1) is 14.2. The van der Waals surface area contributed by atoms with Crippen molar-refractivity contribution in [2.75, 3.05) is 26.2 Å². The Bertz CT molecular complexity index is 1020. The van der Waals surface area contributed by atoms with Gasteiger partial charge in [-0.25, -0.2) is 4.98 Å². The number of halogens is 1. The maximum atomic E-state index is 12.8. The van der Waals surface area contributed by atoms with E-state index in [1.165, 1.54) is 32.4 Å². The van der Waals surface area contributed by atoms with Crippen LogP contribution in [0.25, 0.3) is 22.4 Å². The van der Waals surface area contributed by atoms with Crippen LogP contribution < -0.4 is 0 Å². The average molecular weight is 415 g/mol. The van der Waals surface area contributed by atoms with Gasteiger partial charge in [-0.3, -0.25) is 4.79 Å². The second kappa shape index (κ2) is 7.76. The number of nitrogens with one attached hydrogen (secondary N) is 1. The quantitative estimate of drug-likeness (QED) is 0.706. The normalized spacial score (nSPS) is 19.1. The zero-order valence-corrected chi connectivity index (χ0v) is 16.9.